The average molecular weight is 399 g/mol. The van der Waals surface area contributed by atoms with Gasteiger partial charge in [0.25, 0.3) is 5.91 Å². The summed E-state index contributed by atoms with van der Waals surface area (Å²) in [5.74, 6) is 0.957. The molecule has 2 atom stereocenters. The van der Waals surface area contributed by atoms with Gasteiger partial charge in [-0.3, -0.25) is 9.48 Å². The van der Waals surface area contributed by atoms with E-state index >= 15 is 0 Å². The van der Waals surface area contributed by atoms with Crippen LogP contribution in [-0.2, 0) is 5.60 Å². The molecule has 1 saturated carbocycles. The minimum atomic E-state index is -0.927. The molecule has 1 amide bonds. The average Bonchev–Trinajstić information content (AvgIpc) is 3.42. The molecule has 2 aromatic heterocycles. The third-order valence-corrected chi connectivity index (χ3v) is 6.10. The minimum absolute atomic E-state index is 0.0362. The molecule has 1 aliphatic heterocycles. The second-order valence-electron chi connectivity index (χ2n) is 8.87. The number of ether oxygens (including phenoxy) is 1. The van der Waals surface area contributed by atoms with Crippen LogP contribution in [0.3, 0.4) is 0 Å². The van der Waals surface area contributed by atoms with Crippen LogP contribution in [0.5, 0.6) is 5.88 Å². The largest absolute Gasteiger partial charge is 0.481 e. The van der Waals surface area contributed by atoms with Gasteiger partial charge < -0.3 is 14.7 Å². The zero-order valence-electron chi connectivity index (χ0n) is 17.6. The topological polar surface area (TPSA) is 80.5 Å². The molecule has 4 rings (SSSR count). The number of hydrogen-bond acceptors (Lipinski definition) is 5. The van der Waals surface area contributed by atoms with Crippen LogP contribution in [0, 0.1) is 0 Å². The van der Waals surface area contributed by atoms with Gasteiger partial charge in [0, 0.05) is 36.3 Å². The minimum Gasteiger partial charge on any atom is -0.481 e. The molecule has 7 nitrogen and oxygen atoms in total. The van der Waals surface area contributed by atoms with Crippen LogP contribution in [-0.4, -0.2) is 50.4 Å². The molecule has 1 saturated heterocycles. The molecule has 29 heavy (non-hydrogen) atoms. The van der Waals surface area contributed by atoms with Crippen molar-refractivity contribution < 1.29 is 14.6 Å². The van der Waals surface area contributed by atoms with Crippen molar-refractivity contribution in [3.63, 3.8) is 0 Å². The first-order valence-electron chi connectivity index (χ1n) is 10.4. The van der Waals surface area contributed by atoms with E-state index in [9.17, 15) is 9.90 Å². The van der Waals surface area contributed by atoms with Gasteiger partial charge >= 0.3 is 0 Å². The van der Waals surface area contributed by atoms with Gasteiger partial charge in [0.2, 0.25) is 5.88 Å². The maximum absolute atomic E-state index is 13.5. The summed E-state index contributed by atoms with van der Waals surface area (Å²) >= 11 is 0. The van der Waals surface area contributed by atoms with E-state index in [1.165, 1.54) is 0 Å². The highest BCUT2D eigenvalue weighted by Gasteiger charge is 2.36. The quantitative estimate of drug-likeness (QED) is 0.836. The number of carbonyl (C=O) groups is 1. The number of rotatable bonds is 5. The molecular weight excluding hydrogens is 368 g/mol. The normalized spacial score (nSPS) is 22.6. The molecule has 0 radical (unpaired) electrons. The van der Waals surface area contributed by atoms with Crippen LogP contribution < -0.4 is 4.74 Å². The third-order valence-electron chi connectivity index (χ3n) is 6.10. The van der Waals surface area contributed by atoms with E-state index < -0.39 is 5.60 Å². The predicted molar refractivity (Wildman–Crippen MR) is 109 cm³/mol. The molecule has 0 spiro atoms. The SMILES string of the molecule is COc1ccc(C(=O)N2C[C@H](n3cc(C(C)(C)O)cn3)CC[C@H]2C)c(C2CC2)n1. The van der Waals surface area contributed by atoms with Crippen molar-refractivity contribution in [2.45, 2.75) is 70.1 Å². The Morgan fingerprint density at radius 1 is 1.24 bits per heavy atom. The molecule has 156 valence electrons. The third kappa shape index (κ3) is 4.01. The number of likely N-dealkylation sites (tertiary alicyclic amines) is 1. The molecule has 0 unspecified atom stereocenters. The van der Waals surface area contributed by atoms with Crippen molar-refractivity contribution in [2.24, 2.45) is 0 Å². The molecular formula is C22H30N4O3. The fourth-order valence-electron chi connectivity index (χ4n) is 4.01. The highest BCUT2D eigenvalue weighted by Crippen LogP contribution is 2.42. The van der Waals surface area contributed by atoms with Crippen molar-refractivity contribution in [3.8, 4) is 5.88 Å². The van der Waals surface area contributed by atoms with Crippen molar-refractivity contribution in [3.05, 3.63) is 41.3 Å². The lowest BCUT2D eigenvalue weighted by Crippen LogP contribution is -2.46. The van der Waals surface area contributed by atoms with Crippen molar-refractivity contribution in [1.29, 1.82) is 0 Å². The van der Waals surface area contributed by atoms with E-state index in [4.69, 9.17) is 4.74 Å². The number of amides is 1. The summed E-state index contributed by atoms with van der Waals surface area (Å²) in [6.45, 7) is 6.21. The van der Waals surface area contributed by atoms with E-state index in [-0.39, 0.29) is 18.0 Å². The van der Waals surface area contributed by atoms with Crippen LogP contribution >= 0.6 is 0 Å². The highest BCUT2D eigenvalue weighted by molar-refractivity contribution is 5.96. The number of piperidine rings is 1. The Morgan fingerprint density at radius 3 is 2.62 bits per heavy atom. The number of hydrogen-bond donors (Lipinski definition) is 1. The van der Waals surface area contributed by atoms with E-state index in [0.717, 1.165) is 36.9 Å². The lowest BCUT2D eigenvalue weighted by Gasteiger charge is -2.38. The molecule has 0 aromatic carbocycles. The number of methoxy groups -OCH3 is 1. The summed E-state index contributed by atoms with van der Waals surface area (Å²) in [6.07, 6.45) is 7.62. The maximum atomic E-state index is 13.5. The van der Waals surface area contributed by atoms with Gasteiger partial charge in [0.05, 0.1) is 36.2 Å². The fourth-order valence-corrected chi connectivity index (χ4v) is 4.01. The van der Waals surface area contributed by atoms with Crippen molar-refractivity contribution in [2.75, 3.05) is 13.7 Å². The molecule has 3 heterocycles. The Labute approximate surface area is 171 Å². The van der Waals surface area contributed by atoms with Crippen LogP contribution in [0.15, 0.2) is 24.5 Å². The van der Waals surface area contributed by atoms with E-state index in [1.807, 2.05) is 21.8 Å². The molecule has 0 bridgehead atoms. The Hall–Kier alpha value is -2.41. The van der Waals surface area contributed by atoms with Crippen molar-refractivity contribution in [1.82, 2.24) is 19.7 Å². The Balaban J connectivity index is 1.57. The van der Waals surface area contributed by atoms with Gasteiger partial charge in [-0.2, -0.15) is 5.10 Å². The maximum Gasteiger partial charge on any atom is 0.256 e. The molecule has 1 N–H and O–H groups in total. The highest BCUT2D eigenvalue weighted by atomic mass is 16.5. The molecule has 2 aromatic rings. The van der Waals surface area contributed by atoms with Crippen molar-refractivity contribution >= 4 is 5.91 Å². The Morgan fingerprint density at radius 2 is 2.00 bits per heavy atom. The summed E-state index contributed by atoms with van der Waals surface area (Å²) < 4.78 is 7.17. The van der Waals surface area contributed by atoms with Gasteiger partial charge in [-0.05, 0) is 52.5 Å². The van der Waals surface area contributed by atoms with Gasteiger partial charge in [0.15, 0.2) is 0 Å². The molecule has 7 heteroatoms. The standard InChI is InChI=1S/C22H30N4O3/c1-14-5-8-17(26-12-16(11-23-26)22(2,3)28)13-25(14)21(27)18-9-10-19(29-4)24-20(18)15-6-7-15/h9-12,14-15,17,28H,5-8,13H2,1-4H3/t14-,17-/m1/s1. The zero-order chi connectivity index (χ0) is 20.8. The van der Waals surface area contributed by atoms with Gasteiger partial charge in [-0.25, -0.2) is 4.98 Å². The first-order chi connectivity index (χ1) is 13.8. The number of aromatic nitrogens is 3. The van der Waals surface area contributed by atoms with E-state index in [2.05, 4.69) is 17.0 Å². The Bertz CT molecular complexity index is 898. The second kappa shape index (κ2) is 7.44. The number of nitrogens with zero attached hydrogens (tertiary/aromatic N) is 4. The first-order valence-corrected chi connectivity index (χ1v) is 10.4. The van der Waals surface area contributed by atoms with Gasteiger partial charge in [-0.1, -0.05) is 0 Å². The molecule has 2 fully saturated rings. The van der Waals surface area contributed by atoms with Crippen LogP contribution in [0.1, 0.15) is 80.0 Å². The monoisotopic (exact) mass is 398 g/mol. The summed E-state index contributed by atoms with van der Waals surface area (Å²) in [5, 5.41) is 14.7. The summed E-state index contributed by atoms with van der Waals surface area (Å²) in [6, 6.07) is 3.89. The fraction of sp³-hybridized carbons (Fsp3) is 0.591. The summed E-state index contributed by atoms with van der Waals surface area (Å²) in [4.78, 5) is 20.0. The number of pyridine rings is 1. The lowest BCUT2D eigenvalue weighted by atomic mass is 9.97. The smallest absolute Gasteiger partial charge is 0.256 e. The zero-order valence-corrected chi connectivity index (χ0v) is 17.6. The van der Waals surface area contributed by atoms with Crippen LogP contribution in [0.2, 0.25) is 0 Å². The lowest BCUT2D eigenvalue weighted by molar-refractivity contribution is 0.0555. The number of carbonyl (C=O) groups excluding carboxylic acids is 1. The van der Waals surface area contributed by atoms with E-state index in [0.29, 0.717) is 23.9 Å². The van der Waals surface area contributed by atoms with Crippen LogP contribution in [0.25, 0.3) is 0 Å². The van der Waals surface area contributed by atoms with Gasteiger partial charge in [0.1, 0.15) is 0 Å². The van der Waals surface area contributed by atoms with Crippen LogP contribution in [0.4, 0.5) is 0 Å². The Kier molecular flexibility index (Phi) is 5.11. The first kappa shape index (κ1) is 19.9. The van der Waals surface area contributed by atoms with E-state index in [1.54, 1.807) is 33.2 Å². The molecule has 2 aliphatic rings. The second-order valence-corrected chi connectivity index (χ2v) is 8.87. The van der Waals surface area contributed by atoms with Gasteiger partial charge in [-0.15, -0.1) is 0 Å². The predicted octanol–water partition coefficient (Wildman–Crippen LogP) is 3.26. The summed E-state index contributed by atoms with van der Waals surface area (Å²) in [7, 11) is 1.60. The molecule has 1 aliphatic carbocycles. The summed E-state index contributed by atoms with van der Waals surface area (Å²) in [5.41, 5.74) is 1.42. The number of aliphatic hydroxyl groups is 1.